The third kappa shape index (κ3) is 3.19. The Morgan fingerprint density at radius 1 is 0.808 bits per heavy atom. The van der Waals surface area contributed by atoms with E-state index in [1.54, 1.807) is 6.07 Å². The quantitative estimate of drug-likeness (QED) is 0.850. The van der Waals surface area contributed by atoms with Crippen molar-refractivity contribution < 1.29 is 24.4 Å². The third-order valence-electron chi connectivity index (χ3n) is 5.55. The zero-order valence-corrected chi connectivity index (χ0v) is 15.1. The second kappa shape index (κ2) is 6.72. The van der Waals surface area contributed by atoms with Crippen molar-refractivity contribution in [2.45, 2.75) is 39.9 Å². The van der Waals surface area contributed by atoms with Gasteiger partial charge in [-0.1, -0.05) is 13.8 Å². The van der Waals surface area contributed by atoms with E-state index in [9.17, 15) is 10.2 Å². The molecule has 2 atom stereocenters. The van der Waals surface area contributed by atoms with Crippen molar-refractivity contribution in [3.8, 4) is 23.0 Å². The highest BCUT2D eigenvalue weighted by atomic mass is 16.7. The Bertz CT molecular complexity index is 760. The van der Waals surface area contributed by atoms with E-state index in [1.165, 1.54) is 5.56 Å². The van der Waals surface area contributed by atoms with Crippen molar-refractivity contribution in [1.29, 1.82) is 0 Å². The molecule has 0 spiro atoms. The summed E-state index contributed by atoms with van der Waals surface area (Å²) in [6, 6.07) is 7.39. The van der Waals surface area contributed by atoms with Crippen LogP contribution in [0.25, 0.3) is 0 Å². The van der Waals surface area contributed by atoms with Gasteiger partial charge in [0.05, 0.1) is 13.2 Å². The van der Waals surface area contributed by atoms with Gasteiger partial charge in [0.15, 0.2) is 11.5 Å². The summed E-state index contributed by atoms with van der Waals surface area (Å²) in [5.74, 6) is 2.53. The maximum atomic E-state index is 10.3. The lowest BCUT2D eigenvalue weighted by molar-refractivity contribution is 0.134. The molecule has 0 saturated heterocycles. The molecule has 0 saturated carbocycles. The fraction of sp³-hybridized carbons (Fsp3) is 0.429. The second-order valence-corrected chi connectivity index (χ2v) is 7.44. The average molecular weight is 356 g/mol. The van der Waals surface area contributed by atoms with Gasteiger partial charge < -0.3 is 24.4 Å². The molecule has 2 N–H and O–H groups in total. The lowest BCUT2D eigenvalue weighted by atomic mass is 9.84. The maximum absolute atomic E-state index is 10.3. The van der Waals surface area contributed by atoms with E-state index >= 15 is 0 Å². The fourth-order valence-electron chi connectivity index (χ4n) is 3.66. The van der Waals surface area contributed by atoms with Gasteiger partial charge in [0.1, 0.15) is 11.5 Å². The van der Waals surface area contributed by atoms with Gasteiger partial charge in [-0.3, -0.25) is 0 Å². The predicted molar refractivity (Wildman–Crippen MR) is 96.6 cm³/mol. The topological polar surface area (TPSA) is 68.2 Å². The van der Waals surface area contributed by atoms with Crippen LogP contribution < -0.4 is 9.47 Å². The molecule has 0 aromatic heterocycles. The van der Waals surface area contributed by atoms with Crippen molar-refractivity contribution in [2.75, 3.05) is 6.79 Å². The SMILES string of the molecule is C[C@H](Cc1cc2c(cc1O)COC2)[C@@H](C)Cc1cc2c(cc1O)OCO2. The first kappa shape index (κ1) is 17.0. The van der Waals surface area contributed by atoms with E-state index in [0.717, 1.165) is 29.5 Å². The van der Waals surface area contributed by atoms with E-state index in [4.69, 9.17) is 14.2 Å². The summed E-state index contributed by atoms with van der Waals surface area (Å²) < 4.78 is 16.2. The first-order chi connectivity index (χ1) is 12.5. The molecule has 0 aliphatic carbocycles. The first-order valence-corrected chi connectivity index (χ1v) is 9.04. The number of hydrogen-bond acceptors (Lipinski definition) is 5. The van der Waals surface area contributed by atoms with Gasteiger partial charge in [0.2, 0.25) is 6.79 Å². The number of hydrogen-bond donors (Lipinski definition) is 2. The van der Waals surface area contributed by atoms with Crippen LogP contribution in [0.15, 0.2) is 24.3 Å². The molecule has 5 nitrogen and oxygen atoms in total. The summed E-state index contributed by atoms with van der Waals surface area (Å²) in [7, 11) is 0. The summed E-state index contributed by atoms with van der Waals surface area (Å²) in [5.41, 5.74) is 4.08. The van der Waals surface area contributed by atoms with Crippen molar-refractivity contribution in [3.05, 3.63) is 46.5 Å². The molecule has 2 aliphatic heterocycles. The molecule has 2 heterocycles. The van der Waals surface area contributed by atoms with Crippen LogP contribution in [0.3, 0.4) is 0 Å². The predicted octanol–water partition coefficient (Wildman–Crippen LogP) is 3.91. The minimum absolute atomic E-state index is 0.200. The van der Waals surface area contributed by atoms with Crippen LogP contribution in [-0.2, 0) is 30.8 Å². The molecule has 0 fully saturated rings. The summed E-state index contributed by atoms with van der Waals surface area (Å²) in [6.07, 6.45) is 1.52. The van der Waals surface area contributed by atoms with Crippen LogP contribution in [-0.4, -0.2) is 17.0 Å². The Hall–Kier alpha value is -2.40. The molecule has 0 amide bonds. The molecule has 2 aliphatic rings. The normalized spacial score (nSPS) is 17.2. The zero-order chi connectivity index (χ0) is 18.3. The van der Waals surface area contributed by atoms with Gasteiger partial charge in [0.25, 0.3) is 0 Å². The van der Waals surface area contributed by atoms with E-state index in [2.05, 4.69) is 19.9 Å². The van der Waals surface area contributed by atoms with Gasteiger partial charge in [-0.25, -0.2) is 0 Å². The van der Waals surface area contributed by atoms with Crippen molar-refractivity contribution in [2.24, 2.45) is 11.8 Å². The molecular weight excluding hydrogens is 332 g/mol. The molecule has 0 unspecified atom stereocenters. The Kier molecular flexibility index (Phi) is 4.41. The molecule has 0 radical (unpaired) electrons. The average Bonchev–Trinajstić information content (AvgIpc) is 3.23. The molecule has 2 aromatic carbocycles. The Labute approximate surface area is 153 Å². The molecule has 4 rings (SSSR count). The van der Waals surface area contributed by atoms with Gasteiger partial charge in [-0.05, 0) is 65.1 Å². The molecule has 26 heavy (non-hydrogen) atoms. The highest BCUT2D eigenvalue weighted by Gasteiger charge is 2.22. The minimum Gasteiger partial charge on any atom is -0.508 e. The van der Waals surface area contributed by atoms with Crippen LogP contribution in [0.2, 0.25) is 0 Å². The summed E-state index contributed by atoms with van der Waals surface area (Å²) >= 11 is 0. The molecule has 5 heteroatoms. The minimum atomic E-state index is 0.200. The standard InChI is InChI=1S/C21H24O5/c1-12(3-14-5-16-9-24-10-17(16)6-18(14)22)13(2)4-15-7-20-21(8-19(15)23)26-11-25-20/h5-8,12-13,22-23H,3-4,9-11H2,1-2H3/t12-,13+/m1/s1. The summed E-state index contributed by atoms with van der Waals surface area (Å²) in [5, 5.41) is 20.6. The van der Waals surface area contributed by atoms with Gasteiger partial charge in [-0.15, -0.1) is 0 Å². The number of phenols is 2. The highest BCUT2D eigenvalue weighted by molar-refractivity contribution is 5.51. The van der Waals surface area contributed by atoms with Crippen LogP contribution in [0.5, 0.6) is 23.0 Å². The third-order valence-corrected chi connectivity index (χ3v) is 5.55. The van der Waals surface area contributed by atoms with E-state index in [0.29, 0.717) is 42.3 Å². The van der Waals surface area contributed by atoms with E-state index in [-0.39, 0.29) is 12.5 Å². The van der Waals surface area contributed by atoms with Crippen molar-refractivity contribution in [3.63, 3.8) is 0 Å². The number of phenolic OH excluding ortho intramolecular Hbond substituents is 2. The lowest BCUT2D eigenvalue weighted by Crippen LogP contribution is -2.14. The number of rotatable bonds is 5. The van der Waals surface area contributed by atoms with Crippen LogP contribution >= 0.6 is 0 Å². The molecular formula is C21H24O5. The molecule has 2 aromatic rings. The van der Waals surface area contributed by atoms with Crippen molar-refractivity contribution >= 4 is 0 Å². The number of fused-ring (bicyclic) bond motifs is 2. The maximum Gasteiger partial charge on any atom is 0.231 e. The number of aromatic hydroxyl groups is 2. The zero-order valence-electron chi connectivity index (χ0n) is 15.1. The fourth-order valence-corrected chi connectivity index (χ4v) is 3.66. The monoisotopic (exact) mass is 356 g/mol. The van der Waals surface area contributed by atoms with Gasteiger partial charge >= 0.3 is 0 Å². The molecule has 0 bridgehead atoms. The van der Waals surface area contributed by atoms with Gasteiger partial charge in [-0.2, -0.15) is 0 Å². The Morgan fingerprint density at radius 2 is 1.35 bits per heavy atom. The number of ether oxygens (including phenoxy) is 3. The highest BCUT2D eigenvalue weighted by Crippen LogP contribution is 2.39. The largest absolute Gasteiger partial charge is 0.508 e. The van der Waals surface area contributed by atoms with Crippen LogP contribution in [0.4, 0.5) is 0 Å². The lowest BCUT2D eigenvalue weighted by Gasteiger charge is -2.21. The first-order valence-electron chi connectivity index (χ1n) is 9.04. The van der Waals surface area contributed by atoms with E-state index in [1.807, 2.05) is 12.1 Å². The van der Waals surface area contributed by atoms with Crippen LogP contribution in [0.1, 0.15) is 36.1 Å². The van der Waals surface area contributed by atoms with Crippen LogP contribution in [0, 0.1) is 11.8 Å². The smallest absolute Gasteiger partial charge is 0.231 e. The summed E-state index contributed by atoms with van der Waals surface area (Å²) in [4.78, 5) is 0. The Balaban J connectivity index is 1.46. The van der Waals surface area contributed by atoms with Gasteiger partial charge in [0, 0.05) is 6.07 Å². The summed E-state index contributed by atoms with van der Waals surface area (Å²) in [6.45, 7) is 5.75. The number of benzene rings is 2. The molecule has 138 valence electrons. The Morgan fingerprint density at radius 3 is 2.04 bits per heavy atom. The second-order valence-electron chi connectivity index (χ2n) is 7.44. The van der Waals surface area contributed by atoms with Crippen molar-refractivity contribution in [1.82, 2.24) is 0 Å². The van der Waals surface area contributed by atoms with E-state index < -0.39 is 0 Å².